The molecule has 2 heteroatoms. The van der Waals surface area contributed by atoms with Crippen LogP contribution in [0.2, 0.25) is 0 Å². The van der Waals surface area contributed by atoms with Crippen LogP contribution in [-0.4, -0.2) is 24.3 Å². The molecule has 0 bridgehead atoms. The van der Waals surface area contributed by atoms with Crippen LogP contribution in [0.5, 0.6) is 0 Å². The van der Waals surface area contributed by atoms with Crippen LogP contribution in [0.25, 0.3) is 0 Å². The van der Waals surface area contributed by atoms with E-state index in [0.717, 1.165) is 31.8 Å². The molecule has 0 radical (unpaired) electrons. The van der Waals surface area contributed by atoms with Crippen molar-refractivity contribution in [3.05, 3.63) is 12.2 Å². The van der Waals surface area contributed by atoms with E-state index in [1.807, 2.05) is 13.0 Å². The van der Waals surface area contributed by atoms with Gasteiger partial charge in [-0.2, -0.15) is 0 Å². The second kappa shape index (κ2) is 4.52. The van der Waals surface area contributed by atoms with E-state index in [9.17, 15) is 0 Å². The number of aliphatic hydroxyl groups excluding tert-OH is 1. The maximum Gasteiger partial charge on any atom is 0.0546 e. The summed E-state index contributed by atoms with van der Waals surface area (Å²) in [6.45, 7) is 4.04. The largest absolute Gasteiger partial charge is 0.393 e. The normalized spacial score (nSPS) is 30.7. The third-order valence-electron chi connectivity index (χ3n) is 2.14. The molecule has 0 aromatic heterocycles. The summed E-state index contributed by atoms with van der Waals surface area (Å²) < 4.78 is 0. The molecule has 0 heterocycles. The smallest absolute Gasteiger partial charge is 0.0546 e. The Balaban J connectivity index is 1.88. The molecular formula is C9H17NO. The first kappa shape index (κ1) is 8.75. The number of rotatable bonds is 4. The highest BCUT2D eigenvalue weighted by molar-refractivity contribution is 4.83. The third-order valence-corrected chi connectivity index (χ3v) is 2.14. The Hall–Kier alpha value is -0.340. The van der Waals surface area contributed by atoms with E-state index in [2.05, 4.69) is 11.4 Å². The van der Waals surface area contributed by atoms with Gasteiger partial charge in [-0.1, -0.05) is 12.2 Å². The minimum Gasteiger partial charge on any atom is -0.393 e. The molecule has 2 N–H and O–H groups in total. The molecule has 64 valence electrons. The molecule has 1 aliphatic rings. The molecule has 2 nitrogen and oxygen atoms in total. The zero-order valence-corrected chi connectivity index (χ0v) is 7.09. The zero-order valence-electron chi connectivity index (χ0n) is 7.09. The Kier molecular flexibility index (Phi) is 3.60. The van der Waals surface area contributed by atoms with Crippen LogP contribution >= 0.6 is 0 Å². The van der Waals surface area contributed by atoms with Crippen molar-refractivity contribution in [2.24, 2.45) is 5.92 Å². The SMILES string of the molecule is C/C=C/CNCC1CC(O)C1. The molecular weight excluding hydrogens is 138 g/mol. The van der Waals surface area contributed by atoms with Gasteiger partial charge in [0.05, 0.1) is 6.10 Å². The van der Waals surface area contributed by atoms with Crippen LogP contribution in [0, 0.1) is 5.92 Å². The van der Waals surface area contributed by atoms with Gasteiger partial charge in [0.15, 0.2) is 0 Å². The maximum absolute atomic E-state index is 8.98. The van der Waals surface area contributed by atoms with Gasteiger partial charge in [-0.15, -0.1) is 0 Å². The van der Waals surface area contributed by atoms with E-state index < -0.39 is 0 Å². The highest BCUT2D eigenvalue weighted by Crippen LogP contribution is 2.25. The van der Waals surface area contributed by atoms with Gasteiger partial charge >= 0.3 is 0 Å². The lowest BCUT2D eigenvalue weighted by Crippen LogP contribution is -2.36. The predicted molar refractivity (Wildman–Crippen MR) is 46.4 cm³/mol. The van der Waals surface area contributed by atoms with E-state index >= 15 is 0 Å². The summed E-state index contributed by atoms with van der Waals surface area (Å²) in [5.74, 6) is 0.718. The lowest BCUT2D eigenvalue weighted by atomic mass is 9.82. The van der Waals surface area contributed by atoms with E-state index in [4.69, 9.17) is 5.11 Å². The van der Waals surface area contributed by atoms with Crippen molar-refractivity contribution in [1.82, 2.24) is 5.32 Å². The van der Waals surface area contributed by atoms with Gasteiger partial charge in [0.25, 0.3) is 0 Å². The number of aliphatic hydroxyl groups is 1. The summed E-state index contributed by atoms with van der Waals surface area (Å²) in [5.41, 5.74) is 0. The van der Waals surface area contributed by atoms with E-state index in [-0.39, 0.29) is 6.10 Å². The predicted octanol–water partition coefficient (Wildman–Crippen LogP) is 0.923. The second-order valence-corrected chi connectivity index (χ2v) is 3.22. The molecule has 0 unspecified atom stereocenters. The molecule has 1 fully saturated rings. The number of nitrogens with one attached hydrogen (secondary N) is 1. The molecule has 0 atom stereocenters. The fourth-order valence-corrected chi connectivity index (χ4v) is 1.36. The quantitative estimate of drug-likeness (QED) is 0.467. The van der Waals surface area contributed by atoms with Crippen molar-refractivity contribution in [3.63, 3.8) is 0 Å². The molecule has 0 aromatic rings. The Morgan fingerprint density at radius 2 is 2.27 bits per heavy atom. The first-order chi connectivity index (χ1) is 5.33. The van der Waals surface area contributed by atoms with Crippen molar-refractivity contribution in [2.75, 3.05) is 13.1 Å². The van der Waals surface area contributed by atoms with Gasteiger partial charge < -0.3 is 10.4 Å². The van der Waals surface area contributed by atoms with Crippen LogP contribution in [0.3, 0.4) is 0 Å². The van der Waals surface area contributed by atoms with E-state index in [0.29, 0.717) is 0 Å². The third kappa shape index (κ3) is 3.04. The summed E-state index contributed by atoms with van der Waals surface area (Å²) in [4.78, 5) is 0. The number of hydrogen-bond acceptors (Lipinski definition) is 2. The van der Waals surface area contributed by atoms with Gasteiger partial charge in [0.2, 0.25) is 0 Å². The fraction of sp³-hybridized carbons (Fsp3) is 0.778. The Bertz CT molecular complexity index is 128. The van der Waals surface area contributed by atoms with E-state index in [1.54, 1.807) is 0 Å². The average Bonchev–Trinajstić information content (AvgIpc) is 1.94. The van der Waals surface area contributed by atoms with Crippen molar-refractivity contribution in [3.8, 4) is 0 Å². The first-order valence-corrected chi connectivity index (χ1v) is 4.33. The highest BCUT2D eigenvalue weighted by atomic mass is 16.3. The Morgan fingerprint density at radius 1 is 1.55 bits per heavy atom. The van der Waals surface area contributed by atoms with Gasteiger partial charge in [0.1, 0.15) is 0 Å². The lowest BCUT2D eigenvalue weighted by Gasteiger charge is -2.31. The Morgan fingerprint density at radius 3 is 2.82 bits per heavy atom. The summed E-state index contributed by atoms with van der Waals surface area (Å²) in [5, 5.41) is 12.3. The molecule has 0 amide bonds. The van der Waals surface area contributed by atoms with Crippen LogP contribution < -0.4 is 5.32 Å². The summed E-state index contributed by atoms with van der Waals surface area (Å²) >= 11 is 0. The molecule has 11 heavy (non-hydrogen) atoms. The molecule has 1 rings (SSSR count). The Labute approximate surface area is 68.3 Å². The lowest BCUT2D eigenvalue weighted by molar-refractivity contribution is 0.0435. The summed E-state index contributed by atoms with van der Waals surface area (Å²) in [7, 11) is 0. The van der Waals surface area contributed by atoms with E-state index in [1.165, 1.54) is 0 Å². The minimum atomic E-state index is -0.0106. The summed E-state index contributed by atoms with van der Waals surface area (Å²) in [6, 6.07) is 0. The summed E-state index contributed by atoms with van der Waals surface area (Å²) in [6.07, 6.45) is 6.12. The topological polar surface area (TPSA) is 32.3 Å². The zero-order chi connectivity index (χ0) is 8.10. The maximum atomic E-state index is 8.98. The van der Waals surface area contributed by atoms with Gasteiger partial charge in [-0.25, -0.2) is 0 Å². The van der Waals surface area contributed by atoms with Crippen LogP contribution in [0.1, 0.15) is 19.8 Å². The number of allylic oxidation sites excluding steroid dienone is 1. The highest BCUT2D eigenvalue weighted by Gasteiger charge is 2.25. The first-order valence-electron chi connectivity index (χ1n) is 4.33. The van der Waals surface area contributed by atoms with Gasteiger partial charge in [0, 0.05) is 6.54 Å². The van der Waals surface area contributed by atoms with Crippen LogP contribution in [-0.2, 0) is 0 Å². The molecule has 0 saturated heterocycles. The van der Waals surface area contributed by atoms with Crippen LogP contribution in [0.4, 0.5) is 0 Å². The fourth-order valence-electron chi connectivity index (χ4n) is 1.36. The van der Waals surface area contributed by atoms with Gasteiger partial charge in [-0.3, -0.25) is 0 Å². The van der Waals surface area contributed by atoms with Crippen molar-refractivity contribution < 1.29 is 5.11 Å². The van der Waals surface area contributed by atoms with Crippen molar-refractivity contribution in [2.45, 2.75) is 25.9 Å². The molecule has 1 aliphatic carbocycles. The average molecular weight is 155 g/mol. The minimum absolute atomic E-state index is 0.0106. The standard InChI is InChI=1S/C9H17NO/c1-2-3-4-10-7-8-5-9(11)6-8/h2-3,8-11H,4-7H2,1H3/b3-2+. The molecule has 1 saturated carbocycles. The molecule has 0 aromatic carbocycles. The molecule has 0 spiro atoms. The van der Waals surface area contributed by atoms with Gasteiger partial charge in [-0.05, 0) is 32.2 Å². The van der Waals surface area contributed by atoms with Crippen LogP contribution in [0.15, 0.2) is 12.2 Å². The van der Waals surface area contributed by atoms with Crippen molar-refractivity contribution >= 4 is 0 Å². The number of hydrogen-bond donors (Lipinski definition) is 2. The second-order valence-electron chi connectivity index (χ2n) is 3.22. The monoisotopic (exact) mass is 155 g/mol. The van der Waals surface area contributed by atoms with Crippen molar-refractivity contribution in [1.29, 1.82) is 0 Å². The molecule has 0 aliphatic heterocycles.